The van der Waals surface area contributed by atoms with Crippen LogP contribution in [0, 0.1) is 0 Å². The van der Waals surface area contributed by atoms with Crippen molar-refractivity contribution in [2.45, 2.75) is 0 Å². The van der Waals surface area contributed by atoms with Gasteiger partial charge in [0.2, 0.25) is 0 Å². The molecule has 0 aliphatic heterocycles. The molecule has 0 spiro atoms. The first kappa shape index (κ1) is 12.6. The van der Waals surface area contributed by atoms with Gasteiger partial charge in [-0.25, -0.2) is 9.36 Å². The number of hydrogen-bond donors (Lipinski definition) is 6. The average Bonchev–Trinajstić information content (AvgIpc) is 1.77. The molecule has 0 atom stereocenters. The summed E-state index contributed by atoms with van der Waals surface area (Å²) in [6.45, 7) is 0. The summed E-state index contributed by atoms with van der Waals surface area (Å²) >= 11 is 0. The molecule has 0 aliphatic rings. The molecule has 0 saturated heterocycles. The number of rotatable bonds is 2. The lowest BCUT2D eigenvalue weighted by molar-refractivity contribution is 0.256. The van der Waals surface area contributed by atoms with Gasteiger partial charge in [0.05, 0.1) is 0 Å². The topological polar surface area (TPSA) is 174 Å². The molecule has 9 nitrogen and oxygen atoms in total. The number of aliphatic imine (C=N–C) groups is 1. The Hall–Kier alpha value is -0.400. The van der Waals surface area contributed by atoms with Gasteiger partial charge in [0.25, 0.3) is 0 Å². The van der Waals surface area contributed by atoms with Crippen molar-refractivity contribution in [1.82, 2.24) is 0 Å². The molecule has 13 heavy (non-hydrogen) atoms. The zero-order chi connectivity index (χ0) is 10.9. The van der Waals surface area contributed by atoms with Crippen molar-refractivity contribution in [3.8, 4) is 0 Å². The normalized spacial score (nSPS) is 14.4. The fourth-order valence-electron chi connectivity index (χ4n) is 0.406. The van der Waals surface area contributed by atoms with Crippen LogP contribution in [0.5, 0.6) is 0 Å². The van der Waals surface area contributed by atoms with Crippen LogP contribution in [0.15, 0.2) is 4.99 Å². The molecule has 0 aromatic rings. The third-order valence-corrected chi connectivity index (χ3v) is 3.58. The van der Waals surface area contributed by atoms with Crippen molar-refractivity contribution in [2.75, 3.05) is 0 Å². The first-order valence-electron chi connectivity index (χ1n) is 2.57. The summed E-state index contributed by atoms with van der Waals surface area (Å²) < 4.78 is 10.4. The molecule has 0 heterocycles. The van der Waals surface area contributed by atoms with Crippen molar-refractivity contribution < 1.29 is 33.8 Å². The first-order chi connectivity index (χ1) is 5.55. The maximum absolute atomic E-state index is 10.4. The number of urea groups is 1. The van der Waals surface area contributed by atoms with E-state index >= 15 is 0 Å². The number of hydrogen-bond acceptors (Lipinski definition) is 5. The van der Waals surface area contributed by atoms with Crippen LogP contribution >= 0.6 is 15.5 Å². The van der Waals surface area contributed by atoms with Crippen LogP contribution < -0.4 is 5.73 Å². The van der Waals surface area contributed by atoms with Crippen LogP contribution in [0.4, 0.5) is 4.79 Å². The number of amides is 2. The van der Waals surface area contributed by atoms with Crippen molar-refractivity contribution in [3.05, 3.63) is 0 Å². The molecule has 0 aliphatic carbocycles. The molecular weight excluding hydrogens is 226 g/mol. The van der Waals surface area contributed by atoms with E-state index in [4.69, 9.17) is 24.5 Å². The lowest BCUT2D eigenvalue weighted by Crippen LogP contribution is -2.13. The van der Waals surface area contributed by atoms with E-state index in [-0.39, 0.29) is 0 Å². The zero-order valence-electron chi connectivity index (χ0n) is 5.97. The molecule has 0 aromatic carbocycles. The monoisotopic (exact) mass is 233 g/mol. The standard InChI is InChI=1S/C2H6N2O7P2/c3-1(5)4-2(12(6,7)8)13(9,10)11/h6-8H,(H3-,3,5,9,10,11)/p+1. The number of nitrogens with zero attached hydrogens (tertiary/aromatic N) is 1. The lowest BCUT2D eigenvalue weighted by atomic mass is 11.1. The second-order valence-electron chi connectivity index (χ2n) is 1.86. The maximum atomic E-state index is 10.4. The maximum Gasteiger partial charge on any atom is 0.470 e. The minimum absolute atomic E-state index is 1.56. The van der Waals surface area contributed by atoms with E-state index in [1.165, 1.54) is 0 Å². The highest BCUT2D eigenvalue weighted by Crippen LogP contribution is 2.60. The summed E-state index contributed by atoms with van der Waals surface area (Å²) in [6, 6.07) is -1.56. The van der Waals surface area contributed by atoms with Gasteiger partial charge in [0, 0.05) is 0 Å². The van der Waals surface area contributed by atoms with E-state index in [0.29, 0.717) is 0 Å². The van der Waals surface area contributed by atoms with Crippen molar-refractivity contribution in [2.24, 2.45) is 10.7 Å². The quantitative estimate of drug-likeness (QED) is 0.244. The van der Waals surface area contributed by atoms with Gasteiger partial charge in [-0.15, -0.1) is 4.99 Å². The predicted octanol–water partition coefficient (Wildman–Crippen LogP) is -1.66. The van der Waals surface area contributed by atoms with Crippen molar-refractivity contribution >= 4 is 26.8 Å². The SMILES string of the molecule is NC(=O)N=C(P(=O)(O)O)[P+](O)(O)O. The minimum atomic E-state index is -5.20. The Bertz CT molecular complexity index is 285. The second-order valence-corrected chi connectivity index (χ2v) is 5.29. The Morgan fingerprint density at radius 1 is 1.31 bits per heavy atom. The smallest absolute Gasteiger partial charge is 0.350 e. The second kappa shape index (κ2) is 3.77. The van der Waals surface area contributed by atoms with E-state index in [2.05, 4.69) is 10.7 Å². The molecule has 7 N–H and O–H groups in total. The first-order valence-corrected chi connectivity index (χ1v) is 5.83. The average molecular weight is 233 g/mol. The summed E-state index contributed by atoms with van der Waals surface area (Å²) in [5, 5.41) is -1.72. The van der Waals surface area contributed by atoms with E-state index in [0.717, 1.165) is 0 Å². The number of nitrogens with two attached hydrogens (primary N) is 1. The zero-order valence-corrected chi connectivity index (χ0v) is 7.76. The molecular formula is C2H7N2O7P2+. The van der Waals surface area contributed by atoms with E-state index < -0.39 is 26.8 Å². The van der Waals surface area contributed by atoms with E-state index in [1.54, 1.807) is 0 Å². The Balaban J connectivity index is 5.26. The molecule has 0 aromatic heterocycles. The van der Waals surface area contributed by atoms with E-state index in [1.807, 2.05) is 0 Å². The van der Waals surface area contributed by atoms with E-state index in [9.17, 15) is 9.36 Å². The fraction of sp³-hybridized carbons (Fsp3) is 0. The summed E-state index contributed by atoms with van der Waals surface area (Å²) in [7, 11) is -10.2. The van der Waals surface area contributed by atoms with Crippen LogP contribution in [0.3, 0.4) is 0 Å². The highest BCUT2D eigenvalue weighted by atomic mass is 31.3. The molecule has 0 fully saturated rings. The van der Waals surface area contributed by atoms with Crippen LogP contribution in [0.25, 0.3) is 0 Å². The van der Waals surface area contributed by atoms with Crippen LogP contribution in [-0.4, -0.2) is 35.7 Å². The van der Waals surface area contributed by atoms with Gasteiger partial charge in [-0.05, 0) is 0 Å². The number of carbonyl (C=O) groups excluding carboxylic acids is 1. The van der Waals surface area contributed by atoms with Gasteiger partial charge >= 0.3 is 26.8 Å². The van der Waals surface area contributed by atoms with Gasteiger partial charge in [-0.3, -0.25) is 0 Å². The largest absolute Gasteiger partial charge is 0.470 e. The van der Waals surface area contributed by atoms with Crippen LogP contribution in [0.1, 0.15) is 0 Å². The summed E-state index contributed by atoms with van der Waals surface area (Å²) in [4.78, 5) is 54.6. The van der Waals surface area contributed by atoms with Crippen LogP contribution in [-0.2, 0) is 4.57 Å². The fourth-order valence-corrected chi connectivity index (χ4v) is 2.27. The lowest BCUT2D eigenvalue weighted by Gasteiger charge is -2.06. The van der Waals surface area contributed by atoms with Gasteiger partial charge in [-0.2, -0.15) is 14.7 Å². The summed E-state index contributed by atoms with van der Waals surface area (Å²) in [5.41, 5.74) is 4.40. The molecule has 0 rings (SSSR count). The Labute approximate surface area is 72.3 Å². The highest BCUT2D eigenvalue weighted by molar-refractivity contribution is 8.00. The third-order valence-electron chi connectivity index (χ3n) is 0.739. The summed E-state index contributed by atoms with van der Waals surface area (Å²) in [5.74, 6) is 0. The molecule has 0 saturated carbocycles. The highest BCUT2D eigenvalue weighted by Gasteiger charge is 2.52. The van der Waals surface area contributed by atoms with Gasteiger partial charge < -0.3 is 15.5 Å². The van der Waals surface area contributed by atoms with Gasteiger partial charge in [-0.1, -0.05) is 0 Å². The Morgan fingerprint density at radius 2 is 1.69 bits per heavy atom. The number of carbonyl (C=O) groups is 1. The van der Waals surface area contributed by atoms with Crippen LogP contribution in [0.2, 0.25) is 0 Å². The molecule has 0 radical (unpaired) electrons. The molecule has 0 unspecified atom stereocenters. The predicted molar refractivity (Wildman–Crippen MR) is 42.6 cm³/mol. The summed E-state index contributed by atoms with van der Waals surface area (Å²) in [6.07, 6.45) is 0. The van der Waals surface area contributed by atoms with Gasteiger partial charge in [0.15, 0.2) is 0 Å². The van der Waals surface area contributed by atoms with Crippen molar-refractivity contribution in [1.29, 1.82) is 0 Å². The number of primary amides is 1. The van der Waals surface area contributed by atoms with Gasteiger partial charge in [0.1, 0.15) is 0 Å². The third kappa shape index (κ3) is 4.39. The Kier molecular flexibility index (Phi) is 3.65. The molecule has 2 amide bonds. The minimum Gasteiger partial charge on any atom is -0.350 e. The Morgan fingerprint density at radius 3 is 1.77 bits per heavy atom. The molecule has 0 bridgehead atoms. The molecule has 11 heteroatoms. The molecule has 76 valence electrons. The van der Waals surface area contributed by atoms with Crippen molar-refractivity contribution in [3.63, 3.8) is 0 Å².